The van der Waals surface area contributed by atoms with Crippen molar-refractivity contribution in [2.24, 2.45) is 0 Å². The molecule has 5 rings (SSSR count). The van der Waals surface area contributed by atoms with E-state index in [0.29, 0.717) is 5.92 Å². The van der Waals surface area contributed by atoms with Crippen molar-refractivity contribution >= 4 is 45.1 Å². The molecule has 0 amide bonds. The smallest absolute Gasteiger partial charge is 0.173 e. The van der Waals surface area contributed by atoms with Gasteiger partial charge in [-0.2, -0.15) is 0 Å². The summed E-state index contributed by atoms with van der Waals surface area (Å²) in [4.78, 5) is 11.7. The molecule has 1 N–H and O–H groups in total. The van der Waals surface area contributed by atoms with E-state index >= 15 is 0 Å². The van der Waals surface area contributed by atoms with E-state index in [2.05, 4.69) is 45.5 Å². The van der Waals surface area contributed by atoms with Crippen LogP contribution in [-0.4, -0.2) is 33.1 Å². The molecule has 0 spiro atoms. The summed E-state index contributed by atoms with van der Waals surface area (Å²) in [6.07, 6.45) is 1.13. The predicted molar refractivity (Wildman–Crippen MR) is 119 cm³/mol. The van der Waals surface area contributed by atoms with Crippen LogP contribution >= 0.6 is 12.2 Å². The second-order valence-electron chi connectivity index (χ2n) is 7.19. The maximum absolute atomic E-state index is 5.68. The molecule has 5 heteroatoms. The van der Waals surface area contributed by atoms with Gasteiger partial charge in [0, 0.05) is 24.7 Å². The van der Waals surface area contributed by atoms with Crippen molar-refractivity contribution in [3.63, 3.8) is 0 Å². The molecule has 0 bridgehead atoms. The largest absolute Gasteiger partial charge is 0.348 e. The predicted octanol–water partition coefficient (Wildman–Crippen LogP) is 4.97. The molecule has 1 aliphatic heterocycles. The number of rotatable bonds is 2. The van der Waals surface area contributed by atoms with Crippen LogP contribution in [0.1, 0.15) is 17.9 Å². The molecule has 0 aliphatic carbocycles. The van der Waals surface area contributed by atoms with E-state index in [4.69, 9.17) is 17.2 Å². The number of benzene rings is 3. The second-order valence-corrected chi connectivity index (χ2v) is 7.57. The molecule has 1 unspecified atom stereocenters. The SMILES string of the molecule is S=C(Nc1ccc2nc3ccccc3nc2c1)N1CCC(c2ccccc2)C1. The van der Waals surface area contributed by atoms with Crippen LogP contribution in [0.3, 0.4) is 0 Å². The fourth-order valence-corrected chi connectivity index (χ4v) is 4.13. The Hall–Kier alpha value is -3.05. The number of likely N-dealkylation sites (tertiary alicyclic amines) is 1. The number of para-hydroxylation sites is 2. The molecule has 4 aromatic rings. The highest BCUT2D eigenvalue weighted by Gasteiger charge is 2.25. The molecule has 138 valence electrons. The van der Waals surface area contributed by atoms with Crippen LogP contribution in [0.4, 0.5) is 5.69 Å². The summed E-state index contributed by atoms with van der Waals surface area (Å²) in [5.74, 6) is 0.537. The second kappa shape index (κ2) is 7.17. The average Bonchev–Trinajstić information content (AvgIpc) is 3.23. The fraction of sp³-hybridized carbons (Fsp3) is 0.174. The lowest BCUT2D eigenvalue weighted by molar-refractivity contribution is 0.518. The van der Waals surface area contributed by atoms with Crippen LogP contribution in [0.2, 0.25) is 0 Å². The zero-order valence-corrected chi connectivity index (χ0v) is 16.2. The van der Waals surface area contributed by atoms with Gasteiger partial charge in [-0.15, -0.1) is 0 Å². The molecule has 1 atom stereocenters. The Morgan fingerprint density at radius 2 is 1.54 bits per heavy atom. The number of nitrogens with zero attached hydrogens (tertiary/aromatic N) is 3. The van der Waals surface area contributed by atoms with Crippen LogP contribution in [-0.2, 0) is 0 Å². The Bertz CT molecular complexity index is 1160. The average molecular weight is 385 g/mol. The molecular weight excluding hydrogens is 364 g/mol. The first-order valence-electron chi connectivity index (χ1n) is 9.54. The van der Waals surface area contributed by atoms with Crippen LogP contribution in [0.5, 0.6) is 0 Å². The van der Waals surface area contributed by atoms with Crippen molar-refractivity contribution in [3.05, 3.63) is 78.4 Å². The van der Waals surface area contributed by atoms with Crippen molar-refractivity contribution in [1.82, 2.24) is 14.9 Å². The highest BCUT2D eigenvalue weighted by Crippen LogP contribution is 2.28. The fourth-order valence-electron chi connectivity index (χ4n) is 3.84. The third-order valence-electron chi connectivity index (χ3n) is 5.34. The summed E-state index contributed by atoms with van der Waals surface area (Å²) < 4.78 is 0. The van der Waals surface area contributed by atoms with Crippen LogP contribution in [0.15, 0.2) is 72.8 Å². The van der Waals surface area contributed by atoms with E-state index in [1.54, 1.807) is 0 Å². The molecule has 1 saturated heterocycles. The van der Waals surface area contributed by atoms with E-state index in [-0.39, 0.29) is 0 Å². The van der Waals surface area contributed by atoms with E-state index in [1.807, 2.05) is 42.5 Å². The van der Waals surface area contributed by atoms with E-state index in [1.165, 1.54) is 5.56 Å². The Morgan fingerprint density at radius 3 is 2.32 bits per heavy atom. The standard InChI is InChI=1S/C23H20N4S/c28-23(27-13-12-17(15-27)16-6-2-1-3-7-16)24-18-10-11-21-22(14-18)26-20-9-5-4-8-19(20)25-21/h1-11,14,17H,12-13,15H2,(H,24,28). The van der Waals surface area contributed by atoms with Gasteiger partial charge in [-0.25, -0.2) is 9.97 Å². The van der Waals surface area contributed by atoms with Crippen molar-refractivity contribution < 1.29 is 0 Å². The summed E-state index contributed by atoms with van der Waals surface area (Å²) in [5.41, 5.74) is 5.91. The molecule has 0 saturated carbocycles. The van der Waals surface area contributed by atoms with Crippen LogP contribution < -0.4 is 5.32 Å². The molecule has 2 heterocycles. The van der Waals surface area contributed by atoms with Crippen LogP contribution in [0.25, 0.3) is 22.1 Å². The summed E-state index contributed by atoms with van der Waals surface area (Å²) in [6.45, 7) is 1.93. The monoisotopic (exact) mass is 384 g/mol. The molecule has 1 aliphatic rings. The van der Waals surface area contributed by atoms with Gasteiger partial charge in [-0.1, -0.05) is 42.5 Å². The summed E-state index contributed by atoms with van der Waals surface area (Å²) in [7, 11) is 0. The Morgan fingerprint density at radius 1 is 0.857 bits per heavy atom. The van der Waals surface area contributed by atoms with E-state index in [0.717, 1.165) is 52.4 Å². The number of fused-ring (bicyclic) bond motifs is 2. The minimum absolute atomic E-state index is 0.537. The van der Waals surface area contributed by atoms with Crippen molar-refractivity contribution in [2.45, 2.75) is 12.3 Å². The van der Waals surface area contributed by atoms with Gasteiger partial charge in [-0.05, 0) is 54.5 Å². The first-order chi connectivity index (χ1) is 13.8. The van der Waals surface area contributed by atoms with Gasteiger partial charge in [-0.3, -0.25) is 0 Å². The maximum Gasteiger partial charge on any atom is 0.173 e. The molecular formula is C23H20N4S. The normalized spacial score (nSPS) is 16.6. The number of nitrogens with one attached hydrogen (secondary N) is 1. The minimum Gasteiger partial charge on any atom is -0.348 e. The zero-order chi connectivity index (χ0) is 18.9. The number of anilines is 1. The van der Waals surface area contributed by atoms with Gasteiger partial charge >= 0.3 is 0 Å². The lowest BCUT2D eigenvalue weighted by atomic mass is 9.99. The Kier molecular flexibility index (Phi) is 4.37. The third-order valence-corrected chi connectivity index (χ3v) is 5.70. The Balaban J connectivity index is 1.33. The van der Waals surface area contributed by atoms with Gasteiger partial charge in [0.15, 0.2) is 5.11 Å². The molecule has 4 nitrogen and oxygen atoms in total. The highest BCUT2D eigenvalue weighted by molar-refractivity contribution is 7.80. The molecule has 28 heavy (non-hydrogen) atoms. The van der Waals surface area contributed by atoms with Crippen molar-refractivity contribution in [1.29, 1.82) is 0 Å². The van der Waals surface area contributed by atoms with Gasteiger partial charge in [0.2, 0.25) is 0 Å². The van der Waals surface area contributed by atoms with E-state index in [9.17, 15) is 0 Å². The van der Waals surface area contributed by atoms with Crippen molar-refractivity contribution in [2.75, 3.05) is 18.4 Å². The number of hydrogen-bond donors (Lipinski definition) is 1. The minimum atomic E-state index is 0.537. The highest BCUT2D eigenvalue weighted by atomic mass is 32.1. The summed E-state index contributed by atoms with van der Waals surface area (Å²) in [6, 6.07) is 24.7. The quantitative estimate of drug-likeness (QED) is 0.390. The molecule has 0 radical (unpaired) electrons. The van der Waals surface area contributed by atoms with Gasteiger partial charge in [0.05, 0.1) is 22.1 Å². The molecule has 1 aromatic heterocycles. The third kappa shape index (κ3) is 3.29. The van der Waals surface area contributed by atoms with Gasteiger partial charge in [0.1, 0.15) is 0 Å². The zero-order valence-electron chi connectivity index (χ0n) is 15.4. The summed E-state index contributed by atoms with van der Waals surface area (Å²) >= 11 is 5.68. The first kappa shape index (κ1) is 17.1. The Labute approximate surface area is 169 Å². The lowest BCUT2D eigenvalue weighted by Gasteiger charge is -2.21. The van der Waals surface area contributed by atoms with Gasteiger partial charge < -0.3 is 10.2 Å². The molecule has 1 fully saturated rings. The maximum atomic E-state index is 5.68. The van der Waals surface area contributed by atoms with Gasteiger partial charge in [0.25, 0.3) is 0 Å². The number of thiocarbonyl (C=S) groups is 1. The van der Waals surface area contributed by atoms with E-state index < -0.39 is 0 Å². The summed E-state index contributed by atoms with van der Waals surface area (Å²) in [5, 5.41) is 4.16. The molecule has 3 aromatic carbocycles. The number of hydrogen-bond acceptors (Lipinski definition) is 3. The topological polar surface area (TPSA) is 41.1 Å². The van der Waals surface area contributed by atoms with Crippen LogP contribution in [0, 0.1) is 0 Å². The number of aromatic nitrogens is 2. The lowest BCUT2D eigenvalue weighted by Crippen LogP contribution is -2.32. The van der Waals surface area contributed by atoms with Crippen molar-refractivity contribution in [3.8, 4) is 0 Å². The first-order valence-corrected chi connectivity index (χ1v) is 9.94.